The van der Waals surface area contributed by atoms with Crippen molar-refractivity contribution in [2.45, 2.75) is 142 Å². The lowest BCUT2D eigenvalue weighted by Crippen LogP contribution is -2.65. The fourth-order valence-electron chi connectivity index (χ4n) is 9.90. The van der Waals surface area contributed by atoms with Crippen molar-refractivity contribution in [2.75, 3.05) is 57.6 Å². The third-order valence-electron chi connectivity index (χ3n) is 13.9. The van der Waals surface area contributed by atoms with Gasteiger partial charge in [-0.1, -0.05) is 32.1 Å². The van der Waals surface area contributed by atoms with E-state index in [0.717, 1.165) is 28.3 Å². The number of ether oxygens (including phenoxy) is 6. The second-order valence-electron chi connectivity index (χ2n) is 19.7. The van der Waals surface area contributed by atoms with Crippen molar-refractivity contribution < 1.29 is 99.2 Å². The zero-order chi connectivity index (χ0) is 55.9. The van der Waals surface area contributed by atoms with Gasteiger partial charge in [0.15, 0.2) is 24.4 Å². The van der Waals surface area contributed by atoms with Gasteiger partial charge in [0.25, 0.3) is 10.1 Å². The summed E-state index contributed by atoms with van der Waals surface area (Å²) in [5, 5.41) is 64.8. The van der Waals surface area contributed by atoms with Crippen molar-refractivity contribution >= 4 is 49.3 Å². The number of nitrogens with one attached hydrogen (secondary N) is 1. The van der Waals surface area contributed by atoms with Crippen molar-refractivity contribution in [1.82, 2.24) is 5.32 Å². The van der Waals surface area contributed by atoms with Gasteiger partial charge in [-0.25, -0.2) is 13.2 Å². The first-order valence-electron chi connectivity index (χ1n) is 24.8. The lowest BCUT2D eigenvalue weighted by molar-refractivity contribution is -0.438. The molecule has 2 amide bonds. The maximum Gasteiger partial charge on any atom is 0.404 e. The molecule has 0 saturated carbocycles. The molecule has 0 bridgehead atoms. The number of likely N-dealkylation sites (N-methyl/N-ethyl adjacent to an activating group) is 1. The van der Waals surface area contributed by atoms with Gasteiger partial charge < -0.3 is 79.6 Å². The molecule has 6 rings (SSSR count). The average molecular weight is 1110 g/mol. The number of hydrogen-bond donors (Lipinski definition) is 9. The number of rotatable bonds is 24. The summed E-state index contributed by atoms with van der Waals surface area (Å²) in [5.74, 6) is -0.209. The average Bonchev–Trinajstić information content (AvgIpc) is 3.71. The summed E-state index contributed by atoms with van der Waals surface area (Å²) >= 11 is 0. The van der Waals surface area contributed by atoms with Crippen LogP contribution in [-0.4, -0.2) is 193 Å². The van der Waals surface area contributed by atoms with Gasteiger partial charge in [-0.2, -0.15) is 13.0 Å². The lowest BCUT2D eigenvalue weighted by atomic mass is 9.81. The number of nitrogens with zero attached hydrogens (tertiary/aromatic N) is 2. The molecule has 2 saturated heterocycles. The van der Waals surface area contributed by atoms with E-state index in [1.54, 1.807) is 12.1 Å². The molecule has 1 unspecified atom stereocenters. The first-order valence-corrected chi connectivity index (χ1v) is 27.7. The van der Waals surface area contributed by atoms with Gasteiger partial charge in [0.2, 0.25) is 11.6 Å². The first-order chi connectivity index (χ1) is 35.8. The molecule has 0 aromatic heterocycles. The minimum Gasteiger partial charge on any atom is -0.744 e. The molecule has 0 spiro atoms. The minimum atomic E-state index is -4.65. The molecular formula is C50H70N4O20S2. The summed E-state index contributed by atoms with van der Waals surface area (Å²) in [4.78, 5) is 25.8. The minimum absolute atomic E-state index is 0.0505. The van der Waals surface area contributed by atoms with Crippen LogP contribution in [0.15, 0.2) is 82.3 Å². The number of benzene rings is 2. The van der Waals surface area contributed by atoms with Crippen molar-refractivity contribution in [1.29, 1.82) is 0 Å². The summed E-state index contributed by atoms with van der Waals surface area (Å²) in [6.07, 6.45) is -6.07. The van der Waals surface area contributed by atoms with E-state index in [1.807, 2.05) is 65.0 Å². The summed E-state index contributed by atoms with van der Waals surface area (Å²) < 4.78 is 105. The van der Waals surface area contributed by atoms with E-state index in [4.69, 9.17) is 34.2 Å². The van der Waals surface area contributed by atoms with E-state index < -0.39 is 112 Å². The number of fused-ring (bicyclic) bond motifs is 2. The predicted octanol–water partition coefficient (Wildman–Crippen LogP) is 0.465. The molecule has 4 aliphatic rings. The zero-order valence-corrected chi connectivity index (χ0v) is 44.5. The third kappa shape index (κ3) is 13.7. The van der Waals surface area contributed by atoms with E-state index in [0.29, 0.717) is 37.9 Å². The Morgan fingerprint density at radius 2 is 1.49 bits per heavy atom. The van der Waals surface area contributed by atoms with Gasteiger partial charge in [-0.15, -0.1) is 0 Å². The van der Waals surface area contributed by atoms with Gasteiger partial charge in [0, 0.05) is 60.4 Å². The highest BCUT2D eigenvalue weighted by Crippen LogP contribution is 2.48. The molecule has 422 valence electrons. The lowest BCUT2D eigenvalue weighted by Gasteiger charge is -2.46. The summed E-state index contributed by atoms with van der Waals surface area (Å²) in [6, 6.07) is 8.93. The molecule has 10 N–H and O–H groups in total. The molecule has 76 heavy (non-hydrogen) atoms. The highest BCUT2D eigenvalue weighted by Gasteiger charge is 2.52. The molecule has 26 heteroatoms. The molecular weight excluding hydrogens is 1040 g/mol. The number of anilines is 1. The number of primary amides is 1. The first kappa shape index (κ1) is 60.5. The fourth-order valence-corrected chi connectivity index (χ4v) is 10.9. The topological polar surface area (TPSA) is 367 Å². The van der Waals surface area contributed by atoms with Crippen LogP contribution in [0.1, 0.15) is 71.4 Å². The van der Waals surface area contributed by atoms with Crippen molar-refractivity contribution in [2.24, 2.45) is 5.73 Å². The number of aliphatic hydroxyl groups excluding tert-OH is 6. The third-order valence-corrected chi connectivity index (χ3v) is 15.6. The fraction of sp³-hybridized carbons (Fsp3) is 0.580. The van der Waals surface area contributed by atoms with Gasteiger partial charge in [0.1, 0.15) is 59.4 Å². The Balaban J connectivity index is 0.995. The summed E-state index contributed by atoms with van der Waals surface area (Å²) in [6.45, 7) is 9.46. The smallest absolute Gasteiger partial charge is 0.404 e. The van der Waals surface area contributed by atoms with Crippen LogP contribution in [0.4, 0.5) is 16.2 Å². The van der Waals surface area contributed by atoms with Crippen molar-refractivity contribution in [3.63, 3.8) is 0 Å². The maximum atomic E-state index is 12.8. The van der Waals surface area contributed by atoms with Crippen LogP contribution in [0.2, 0.25) is 0 Å². The summed E-state index contributed by atoms with van der Waals surface area (Å²) in [5.41, 5.74) is 8.58. The Kier molecular flexibility index (Phi) is 20.2. The van der Waals surface area contributed by atoms with E-state index in [9.17, 15) is 66.2 Å². The Labute approximate surface area is 441 Å². The molecule has 2 aromatic carbocycles. The van der Waals surface area contributed by atoms with E-state index in [1.165, 1.54) is 24.3 Å². The second kappa shape index (κ2) is 25.4. The predicted molar refractivity (Wildman–Crippen MR) is 269 cm³/mol. The SMILES string of the molecule is CCN1C(=CC=CC=CC2=[N+](CCCCCC(=O)NCCOCCOC3O[C@@H](CO)[C@H](O)[C@H](O)[C@@H]3O[C@H]3O[C@H](CO)[C@@H](O)[C@H](OC(N)=O)[C@@H]3O)c3ccc(S(=O)(=O)O)cc3C2(C)C)C(C)(C)c2cc(S(=O)(=O)[O-])ccc21. The van der Waals surface area contributed by atoms with Crippen molar-refractivity contribution in [3.05, 3.63) is 83.6 Å². The highest BCUT2D eigenvalue weighted by molar-refractivity contribution is 7.86. The monoisotopic (exact) mass is 1110 g/mol. The summed E-state index contributed by atoms with van der Waals surface area (Å²) in [7, 11) is -9.13. The molecule has 4 heterocycles. The van der Waals surface area contributed by atoms with E-state index >= 15 is 0 Å². The Bertz CT molecular complexity index is 2750. The van der Waals surface area contributed by atoms with E-state index in [-0.39, 0.29) is 48.5 Å². The largest absolute Gasteiger partial charge is 0.744 e. The van der Waals surface area contributed by atoms with Gasteiger partial charge in [-0.3, -0.25) is 9.35 Å². The molecule has 0 aliphatic carbocycles. The second-order valence-corrected chi connectivity index (χ2v) is 22.5. The number of nitrogens with two attached hydrogens (primary N) is 1. The van der Waals surface area contributed by atoms with Crippen LogP contribution in [-0.2, 0) is 64.3 Å². The van der Waals surface area contributed by atoms with Crippen LogP contribution in [0.5, 0.6) is 0 Å². The standard InChI is InChI=1S/C50H70N4O20S2/c1-6-53-33-18-16-29(75(63,64)65)25-31(33)49(2,3)37(53)13-9-7-10-14-38-50(4,5)32-26-30(76(66,67)68)17-19-34(32)54(38)21-12-8-11-15-39(57)52-20-22-69-23-24-70-47-45(42(60)40(58)35(27-55)72-47)73-46-43(61)44(74-48(51)62)41(59)36(28-56)71-46/h7,9-10,13-14,16-19,25-26,35-36,40-47,55-56,58-61H,6,8,11-12,15,20-24,27-28H2,1-5H3,(H4-,51,52,57,62,63,64,65,66,67,68)/t35-,36+,40-,41+,42-,43-,44-,45-,46+,47?/m0/s1. The number of hydrogen-bond acceptors (Lipinski definition) is 20. The van der Waals surface area contributed by atoms with E-state index in [2.05, 4.69) is 14.8 Å². The quantitative estimate of drug-likeness (QED) is 0.0298. The molecule has 10 atom stereocenters. The highest BCUT2D eigenvalue weighted by atomic mass is 32.2. The van der Waals surface area contributed by atoms with Crippen LogP contribution in [0.3, 0.4) is 0 Å². The van der Waals surface area contributed by atoms with Gasteiger partial charge in [-0.05, 0) is 75.6 Å². The number of carbonyl (C=O) groups excluding carboxylic acids is 2. The molecule has 2 aromatic rings. The Morgan fingerprint density at radius 1 is 0.816 bits per heavy atom. The van der Waals surface area contributed by atoms with Gasteiger partial charge in [0.05, 0.1) is 48.2 Å². The van der Waals surface area contributed by atoms with Crippen LogP contribution in [0, 0.1) is 0 Å². The van der Waals surface area contributed by atoms with Crippen LogP contribution >= 0.6 is 0 Å². The normalized spacial score (nSPS) is 27.9. The van der Waals surface area contributed by atoms with Gasteiger partial charge >= 0.3 is 6.09 Å². The number of allylic oxidation sites excluding steroid dienone is 6. The number of carbonyl (C=O) groups is 2. The maximum absolute atomic E-state index is 12.8. The Hall–Kier alpha value is -4.75. The zero-order valence-electron chi connectivity index (χ0n) is 42.8. The van der Waals surface area contributed by atoms with Crippen LogP contribution < -0.4 is 16.0 Å². The number of aliphatic hydroxyl groups is 6. The molecule has 4 aliphatic heterocycles. The molecule has 24 nitrogen and oxygen atoms in total. The number of unbranched alkanes of at least 4 members (excludes halogenated alkanes) is 2. The molecule has 0 radical (unpaired) electrons. The Morgan fingerprint density at radius 3 is 2.14 bits per heavy atom. The molecule has 2 fully saturated rings. The van der Waals surface area contributed by atoms with Crippen molar-refractivity contribution in [3.8, 4) is 0 Å². The number of amides is 2. The van der Waals surface area contributed by atoms with Crippen LogP contribution in [0.25, 0.3) is 0 Å².